The standard InChI is InChI=1S/C10H14N4O2/c1-5(2)8(11)9-13-10(16-14-9)7-4-12-15-6(7)3/h4-5,8H,11H2,1-3H3. The third-order valence-electron chi connectivity index (χ3n) is 2.44. The fraction of sp³-hybridized carbons (Fsp3) is 0.500. The van der Waals surface area contributed by atoms with Crippen LogP contribution in [0, 0.1) is 12.8 Å². The van der Waals surface area contributed by atoms with Crippen LogP contribution in [-0.4, -0.2) is 15.3 Å². The van der Waals surface area contributed by atoms with E-state index in [9.17, 15) is 0 Å². The molecule has 6 heteroatoms. The number of aryl methyl sites for hydroxylation is 1. The van der Waals surface area contributed by atoms with Crippen molar-refractivity contribution in [1.82, 2.24) is 15.3 Å². The fourth-order valence-corrected chi connectivity index (χ4v) is 1.28. The van der Waals surface area contributed by atoms with Gasteiger partial charge in [-0.1, -0.05) is 24.2 Å². The zero-order valence-electron chi connectivity index (χ0n) is 9.47. The molecule has 1 atom stereocenters. The Hall–Kier alpha value is -1.69. The lowest BCUT2D eigenvalue weighted by atomic mass is 10.1. The Balaban J connectivity index is 2.30. The Labute approximate surface area is 92.8 Å². The lowest BCUT2D eigenvalue weighted by molar-refractivity contribution is 0.391. The summed E-state index contributed by atoms with van der Waals surface area (Å²) in [6.45, 7) is 5.80. The molecule has 2 N–H and O–H groups in total. The third kappa shape index (κ3) is 1.83. The number of aromatic nitrogens is 3. The summed E-state index contributed by atoms with van der Waals surface area (Å²) in [6.07, 6.45) is 1.55. The summed E-state index contributed by atoms with van der Waals surface area (Å²) in [5, 5.41) is 7.51. The second-order valence-electron chi connectivity index (χ2n) is 4.02. The van der Waals surface area contributed by atoms with Gasteiger partial charge in [0.2, 0.25) is 0 Å². The van der Waals surface area contributed by atoms with Gasteiger partial charge in [-0.3, -0.25) is 0 Å². The lowest BCUT2D eigenvalue weighted by Gasteiger charge is -2.09. The lowest BCUT2D eigenvalue weighted by Crippen LogP contribution is -2.18. The first-order valence-electron chi connectivity index (χ1n) is 5.10. The smallest absolute Gasteiger partial charge is 0.263 e. The van der Waals surface area contributed by atoms with Crippen molar-refractivity contribution in [2.24, 2.45) is 11.7 Å². The average molecular weight is 222 g/mol. The van der Waals surface area contributed by atoms with Gasteiger partial charge in [-0.2, -0.15) is 4.98 Å². The van der Waals surface area contributed by atoms with Crippen LogP contribution < -0.4 is 5.73 Å². The van der Waals surface area contributed by atoms with Crippen molar-refractivity contribution >= 4 is 0 Å². The van der Waals surface area contributed by atoms with Gasteiger partial charge >= 0.3 is 0 Å². The van der Waals surface area contributed by atoms with Gasteiger partial charge in [-0.25, -0.2) is 0 Å². The average Bonchev–Trinajstić information content (AvgIpc) is 2.84. The van der Waals surface area contributed by atoms with Crippen LogP contribution in [0.25, 0.3) is 11.5 Å². The monoisotopic (exact) mass is 222 g/mol. The van der Waals surface area contributed by atoms with Gasteiger partial charge in [0.1, 0.15) is 11.3 Å². The second kappa shape index (κ2) is 4.05. The van der Waals surface area contributed by atoms with Gasteiger partial charge in [-0.15, -0.1) is 0 Å². The highest BCUT2D eigenvalue weighted by atomic mass is 16.5. The van der Waals surface area contributed by atoms with E-state index in [1.807, 2.05) is 13.8 Å². The second-order valence-corrected chi connectivity index (χ2v) is 4.02. The van der Waals surface area contributed by atoms with Crippen molar-refractivity contribution in [3.05, 3.63) is 17.8 Å². The van der Waals surface area contributed by atoms with E-state index < -0.39 is 0 Å². The van der Waals surface area contributed by atoms with E-state index in [-0.39, 0.29) is 12.0 Å². The van der Waals surface area contributed by atoms with E-state index in [4.69, 9.17) is 14.8 Å². The SMILES string of the molecule is Cc1oncc1-c1nc(C(N)C(C)C)no1. The summed E-state index contributed by atoms with van der Waals surface area (Å²) in [5.41, 5.74) is 6.62. The van der Waals surface area contributed by atoms with Gasteiger partial charge in [0, 0.05) is 0 Å². The quantitative estimate of drug-likeness (QED) is 0.849. The largest absolute Gasteiger partial charge is 0.361 e. The van der Waals surface area contributed by atoms with Gasteiger partial charge in [0.05, 0.1) is 12.2 Å². The molecule has 0 aromatic carbocycles. The summed E-state index contributed by atoms with van der Waals surface area (Å²) >= 11 is 0. The first-order valence-corrected chi connectivity index (χ1v) is 5.10. The van der Waals surface area contributed by atoms with Gasteiger partial charge in [0.25, 0.3) is 5.89 Å². The van der Waals surface area contributed by atoms with Crippen LogP contribution in [0.3, 0.4) is 0 Å². The summed E-state index contributed by atoms with van der Waals surface area (Å²) < 4.78 is 10.0. The van der Waals surface area contributed by atoms with E-state index in [1.54, 1.807) is 13.1 Å². The molecule has 0 radical (unpaired) electrons. The summed E-state index contributed by atoms with van der Waals surface area (Å²) in [4.78, 5) is 4.23. The zero-order chi connectivity index (χ0) is 11.7. The molecule has 0 bridgehead atoms. The van der Waals surface area contributed by atoms with Crippen molar-refractivity contribution in [1.29, 1.82) is 0 Å². The highest BCUT2D eigenvalue weighted by Crippen LogP contribution is 2.23. The first kappa shape index (κ1) is 10.8. The molecule has 2 heterocycles. The predicted molar refractivity (Wildman–Crippen MR) is 56.3 cm³/mol. The normalized spacial score (nSPS) is 13.3. The first-order chi connectivity index (χ1) is 7.59. The molecular formula is C10H14N4O2. The molecule has 0 amide bonds. The van der Waals surface area contributed by atoms with Crippen molar-refractivity contribution in [3.63, 3.8) is 0 Å². The maximum Gasteiger partial charge on any atom is 0.263 e. The van der Waals surface area contributed by atoms with E-state index in [0.29, 0.717) is 23.0 Å². The van der Waals surface area contributed by atoms with Gasteiger partial charge in [-0.05, 0) is 12.8 Å². The molecule has 1 unspecified atom stereocenters. The van der Waals surface area contributed by atoms with Crippen LogP contribution in [0.15, 0.2) is 15.2 Å². The minimum Gasteiger partial charge on any atom is -0.361 e. The van der Waals surface area contributed by atoms with Crippen LogP contribution in [-0.2, 0) is 0 Å². The number of nitrogens with two attached hydrogens (primary N) is 1. The number of rotatable bonds is 3. The molecule has 0 fully saturated rings. The van der Waals surface area contributed by atoms with Crippen molar-refractivity contribution in [2.75, 3.05) is 0 Å². The number of hydrogen-bond acceptors (Lipinski definition) is 6. The molecule has 0 aliphatic rings. The molecule has 0 aliphatic heterocycles. The Morgan fingerprint density at radius 2 is 2.06 bits per heavy atom. The van der Waals surface area contributed by atoms with Crippen LogP contribution in [0.5, 0.6) is 0 Å². The molecule has 0 spiro atoms. The maximum atomic E-state index is 5.92. The Morgan fingerprint density at radius 1 is 1.31 bits per heavy atom. The molecule has 86 valence electrons. The number of nitrogens with zero attached hydrogens (tertiary/aromatic N) is 3. The highest BCUT2D eigenvalue weighted by Gasteiger charge is 2.20. The predicted octanol–water partition coefficient (Wildman–Crippen LogP) is 1.69. The molecule has 0 saturated heterocycles. The molecule has 16 heavy (non-hydrogen) atoms. The molecule has 2 aromatic heterocycles. The molecular weight excluding hydrogens is 208 g/mol. The maximum absolute atomic E-state index is 5.92. The molecule has 2 rings (SSSR count). The van der Waals surface area contributed by atoms with Crippen LogP contribution >= 0.6 is 0 Å². The molecule has 0 saturated carbocycles. The fourth-order valence-electron chi connectivity index (χ4n) is 1.28. The molecule has 2 aromatic rings. The topological polar surface area (TPSA) is 91.0 Å². The van der Waals surface area contributed by atoms with Crippen LogP contribution in [0.4, 0.5) is 0 Å². The van der Waals surface area contributed by atoms with E-state index in [0.717, 1.165) is 0 Å². The van der Waals surface area contributed by atoms with E-state index >= 15 is 0 Å². The van der Waals surface area contributed by atoms with E-state index in [2.05, 4.69) is 15.3 Å². The number of hydrogen-bond donors (Lipinski definition) is 1. The minimum absolute atomic E-state index is 0.224. The summed E-state index contributed by atoms with van der Waals surface area (Å²) in [7, 11) is 0. The highest BCUT2D eigenvalue weighted by molar-refractivity contribution is 5.53. The molecule has 6 nitrogen and oxygen atoms in total. The van der Waals surface area contributed by atoms with Crippen LogP contribution in [0.2, 0.25) is 0 Å². The Morgan fingerprint density at radius 3 is 2.62 bits per heavy atom. The van der Waals surface area contributed by atoms with E-state index in [1.165, 1.54) is 0 Å². The Kier molecular flexibility index (Phi) is 2.74. The van der Waals surface area contributed by atoms with Gasteiger partial charge < -0.3 is 14.8 Å². The summed E-state index contributed by atoms with van der Waals surface area (Å²) in [6, 6.07) is -0.224. The van der Waals surface area contributed by atoms with Crippen molar-refractivity contribution < 1.29 is 9.05 Å². The minimum atomic E-state index is -0.224. The molecule has 0 aliphatic carbocycles. The zero-order valence-corrected chi connectivity index (χ0v) is 9.47. The van der Waals surface area contributed by atoms with Gasteiger partial charge in [0.15, 0.2) is 5.82 Å². The summed E-state index contributed by atoms with van der Waals surface area (Å²) in [5.74, 6) is 1.80. The third-order valence-corrected chi connectivity index (χ3v) is 2.44. The Bertz CT molecular complexity index is 475. The van der Waals surface area contributed by atoms with Crippen molar-refractivity contribution in [2.45, 2.75) is 26.8 Å². The van der Waals surface area contributed by atoms with Crippen molar-refractivity contribution in [3.8, 4) is 11.5 Å². The van der Waals surface area contributed by atoms with Crippen LogP contribution in [0.1, 0.15) is 31.5 Å².